The monoisotopic (exact) mass is 690 g/mol. The lowest BCUT2D eigenvalue weighted by atomic mass is 10.0. The SMILES string of the molecule is CCCC1Cc2ccc(C(=O)Oc3cc(F)c(-c4cc(F)c(C(F)(F)Oc5cc(F)c(OC(F)(F)F)c(F)c5)c(F)c4)c(F)c3)cc2C1. The highest BCUT2D eigenvalue weighted by atomic mass is 19.4. The first-order valence-electron chi connectivity index (χ1n) is 14.1. The van der Waals surface area contributed by atoms with Crippen LogP contribution in [0.2, 0.25) is 0 Å². The largest absolute Gasteiger partial charge is 0.573 e. The Labute approximate surface area is 264 Å². The standard InChI is InChI=1S/C33H21F11O4/c1-2-3-15-6-16-4-5-17(8-18(16)7-15)31(45)46-20-11-22(34)28(23(35)12-20)19-9-24(36)29(25(37)10-19)32(40,41)47-21-13-26(38)30(27(39)14-21)48-33(42,43)44/h4-5,8-15H,2-3,6-7H2,1H3. The number of rotatable bonds is 9. The Balaban J connectivity index is 1.36. The van der Waals surface area contributed by atoms with Crippen LogP contribution in [0.15, 0.2) is 54.6 Å². The van der Waals surface area contributed by atoms with E-state index >= 15 is 8.78 Å². The highest BCUT2D eigenvalue weighted by molar-refractivity contribution is 5.91. The lowest BCUT2D eigenvalue weighted by Crippen LogP contribution is -2.25. The van der Waals surface area contributed by atoms with Crippen molar-refractivity contribution in [1.29, 1.82) is 0 Å². The van der Waals surface area contributed by atoms with Gasteiger partial charge in [0.15, 0.2) is 11.6 Å². The van der Waals surface area contributed by atoms with E-state index in [2.05, 4.69) is 16.4 Å². The fraction of sp³-hybridized carbons (Fsp3) is 0.242. The van der Waals surface area contributed by atoms with Crippen LogP contribution < -0.4 is 14.2 Å². The van der Waals surface area contributed by atoms with Crippen LogP contribution >= 0.6 is 0 Å². The normalized spacial score (nSPS) is 14.5. The molecule has 1 aliphatic carbocycles. The van der Waals surface area contributed by atoms with Crippen molar-refractivity contribution in [1.82, 2.24) is 0 Å². The Morgan fingerprint density at radius 3 is 1.83 bits per heavy atom. The van der Waals surface area contributed by atoms with Gasteiger partial charge in [0.1, 0.15) is 40.3 Å². The zero-order valence-corrected chi connectivity index (χ0v) is 24.4. The average Bonchev–Trinajstić information content (AvgIpc) is 3.35. The second kappa shape index (κ2) is 13.0. The second-order valence-corrected chi connectivity index (χ2v) is 10.9. The maximum Gasteiger partial charge on any atom is 0.573 e. The van der Waals surface area contributed by atoms with E-state index < -0.39 is 87.3 Å². The molecule has 0 N–H and O–H groups in total. The first kappa shape index (κ1) is 34.5. The van der Waals surface area contributed by atoms with Gasteiger partial charge in [0.25, 0.3) is 0 Å². The third kappa shape index (κ3) is 7.34. The van der Waals surface area contributed by atoms with Gasteiger partial charge >= 0.3 is 18.4 Å². The van der Waals surface area contributed by atoms with Crippen LogP contribution in [0, 0.1) is 40.8 Å². The number of esters is 1. The van der Waals surface area contributed by atoms with E-state index in [1.54, 1.807) is 12.1 Å². The van der Waals surface area contributed by atoms with Crippen LogP contribution in [-0.4, -0.2) is 12.3 Å². The Hall–Kier alpha value is -4.82. The fourth-order valence-corrected chi connectivity index (χ4v) is 5.50. The third-order valence-electron chi connectivity index (χ3n) is 7.44. The molecule has 4 aromatic rings. The molecule has 0 saturated heterocycles. The molecule has 0 spiro atoms. The molecule has 4 nitrogen and oxygen atoms in total. The summed E-state index contributed by atoms with van der Waals surface area (Å²) in [5.74, 6) is -16.1. The van der Waals surface area contributed by atoms with Crippen molar-refractivity contribution >= 4 is 5.97 Å². The average molecular weight is 691 g/mol. The number of halogens is 11. The highest BCUT2D eigenvalue weighted by Crippen LogP contribution is 2.40. The highest BCUT2D eigenvalue weighted by Gasteiger charge is 2.42. The molecule has 0 aromatic heterocycles. The number of ether oxygens (including phenoxy) is 3. The van der Waals surface area contributed by atoms with E-state index in [0.29, 0.717) is 18.1 Å². The molecular formula is C33H21F11O4. The Bertz CT molecular complexity index is 1820. The number of carbonyl (C=O) groups is 1. The first-order valence-corrected chi connectivity index (χ1v) is 14.1. The van der Waals surface area contributed by atoms with Gasteiger partial charge in [0.2, 0.25) is 5.75 Å². The van der Waals surface area contributed by atoms with E-state index in [1.807, 2.05) is 0 Å². The molecule has 4 aromatic carbocycles. The van der Waals surface area contributed by atoms with E-state index in [1.165, 1.54) is 6.07 Å². The van der Waals surface area contributed by atoms with Crippen molar-refractivity contribution in [3.63, 3.8) is 0 Å². The van der Waals surface area contributed by atoms with Gasteiger partial charge in [-0.1, -0.05) is 25.8 Å². The van der Waals surface area contributed by atoms with E-state index in [-0.39, 0.29) is 29.8 Å². The number of hydrogen-bond donors (Lipinski definition) is 0. The molecular weight excluding hydrogens is 669 g/mol. The number of carbonyl (C=O) groups excluding carboxylic acids is 1. The predicted molar refractivity (Wildman–Crippen MR) is 146 cm³/mol. The molecule has 254 valence electrons. The summed E-state index contributed by atoms with van der Waals surface area (Å²) >= 11 is 0. The minimum atomic E-state index is -5.55. The van der Waals surface area contributed by atoms with Gasteiger partial charge in [-0.05, 0) is 59.7 Å². The van der Waals surface area contributed by atoms with E-state index in [9.17, 15) is 44.3 Å². The maximum atomic E-state index is 15.0. The molecule has 0 heterocycles. The minimum absolute atomic E-state index is 0.112. The van der Waals surface area contributed by atoms with E-state index in [4.69, 9.17) is 4.74 Å². The van der Waals surface area contributed by atoms with Gasteiger partial charge in [0.05, 0.1) is 11.1 Å². The quantitative estimate of drug-likeness (QED) is 0.0997. The van der Waals surface area contributed by atoms with Crippen molar-refractivity contribution in [2.24, 2.45) is 5.92 Å². The summed E-state index contributed by atoms with van der Waals surface area (Å²) in [4.78, 5) is 12.7. The smallest absolute Gasteiger partial charge is 0.429 e. The Kier molecular flexibility index (Phi) is 9.35. The van der Waals surface area contributed by atoms with Gasteiger partial charge in [-0.25, -0.2) is 31.1 Å². The zero-order valence-electron chi connectivity index (χ0n) is 24.4. The van der Waals surface area contributed by atoms with Gasteiger partial charge in [-0.3, -0.25) is 0 Å². The van der Waals surface area contributed by atoms with Crippen LogP contribution in [0.5, 0.6) is 17.2 Å². The van der Waals surface area contributed by atoms with E-state index in [0.717, 1.165) is 36.8 Å². The lowest BCUT2D eigenvalue weighted by molar-refractivity contribution is -0.276. The summed E-state index contributed by atoms with van der Waals surface area (Å²) < 4.78 is 166. The molecule has 1 atom stereocenters. The summed E-state index contributed by atoms with van der Waals surface area (Å²) in [7, 11) is 0. The number of benzene rings is 4. The number of alkyl halides is 5. The van der Waals surface area contributed by atoms with Crippen molar-refractivity contribution in [3.8, 4) is 28.4 Å². The second-order valence-electron chi connectivity index (χ2n) is 10.9. The molecule has 5 rings (SSSR count). The van der Waals surface area contributed by atoms with Gasteiger partial charge < -0.3 is 14.2 Å². The van der Waals surface area contributed by atoms with Crippen molar-refractivity contribution in [2.75, 3.05) is 0 Å². The number of hydrogen-bond acceptors (Lipinski definition) is 4. The minimum Gasteiger partial charge on any atom is -0.429 e. The fourth-order valence-electron chi connectivity index (χ4n) is 5.50. The predicted octanol–water partition coefficient (Wildman–Crippen LogP) is 9.95. The van der Waals surface area contributed by atoms with Crippen molar-refractivity contribution < 1.29 is 67.3 Å². The molecule has 0 saturated carbocycles. The third-order valence-corrected chi connectivity index (χ3v) is 7.44. The summed E-state index contributed by atoms with van der Waals surface area (Å²) in [6, 6.07) is 5.89. The molecule has 0 aliphatic heterocycles. The van der Waals surface area contributed by atoms with Gasteiger partial charge in [-0.2, -0.15) is 8.78 Å². The van der Waals surface area contributed by atoms with Crippen LogP contribution in [0.1, 0.15) is 46.8 Å². The summed E-state index contributed by atoms with van der Waals surface area (Å²) in [6.45, 7) is 2.06. The maximum absolute atomic E-state index is 15.0. The van der Waals surface area contributed by atoms with Crippen LogP contribution in [0.4, 0.5) is 48.3 Å². The summed E-state index contributed by atoms with van der Waals surface area (Å²) in [6.07, 6.45) is -6.97. The van der Waals surface area contributed by atoms with Gasteiger partial charge in [0, 0.05) is 24.3 Å². The van der Waals surface area contributed by atoms with Crippen molar-refractivity contribution in [3.05, 3.63) is 112 Å². The molecule has 0 radical (unpaired) electrons. The zero-order chi connectivity index (χ0) is 35.1. The topological polar surface area (TPSA) is 44.8 Å². The first-order chi connectivity index (χ1) is 22.5. The Morgan fingerprint density at radius 1 is 0.708 bits per heavy atom. The van der Waals surface area contributed by atoms with Crippen LogP contribution in [0.3, 0.4) is 0 Å². The molecule has 1 aliphatic rings. The lowest BCUT2D eigenvalue weighted by Gasteiger charge is -2.21. The van der Waals surface area contributed by atoms with Crippen molar-refractivity contribution in [2.45, 2.75) is 45.1 Å². The molecule has 1 unspecified atom stereocenters. The van der Waals surface area contributed by atoms with Gasteiger partial charge in [-0.15, -0.1) is 13.2 Å². The molecule has 0 bridgehead atoms. The van der Waals surface area contributed by atoms with Crippen LogP contribution in [0.25, 0.3) is 11.1 Å². The summed E-state index contributed by atoms with van der Waals surface area (Å²) in [5, 5.41) is 0. The molecule has 0 amide bonds. The Morgan fingerprint density at radius 2 is 1.27 bits per heavy atom. The van der Waals surface area contributed by atoms with Crippen LogP contribution in [-0.2, 0) is 19.0 Å². The number of fused-ring (bicyclic) bond motifs is 1. The molecule has 15 heteroatoms. The summed E-state index contributed by atoms with van der Waals surface area (Å²) in [5.41, 5.74) is -2.01. The molecule has 48 heavy (non-hydrogen) atoms. The molecule has 0 fully saturated rings.